The first kappa shape index (κ1) is 21.3. The van der Waals surface area contributed by atoms with Gasteiger partial charge in [0.05, 0.1) is 13.2 Å². The van der Waals surface area contributed by atoms with Gasteiger partial charge >= 0.3 is 0 Å². The van der Waals surface area contributed by atoms with E-state index in [2.05, 4.69) is 10.3 Å². The summed E-state index contributed by atoms with van der Waals surface area (Å²) in [6, 6.07) is 7.75. The zero-order valence-electron chi connectivity index (χ0n) is 13.6. The van der Waals surface area contributed by atoms with Crippen molar-refractivity contribution in [1.29, 1.82) is 0 Å². The fraction of sp³-hybridized carbons (Fsp3) is 0.533. The predicted octanol–water partition coefficient (Wildman–Crippen LogP) is 2.72. The molecule has 0 radical (unpaired) electrons. The Labute approximate surface area is 152 Å². The van der Waals surface area contributed by atoms with Gasteiger partial charge in [0.15, 0.2) is 5.96 Å². The Morgan fingerprint density at radius 3 is 2.59 bits per heavy atom. The second-order valence-corrected chi connectivity index (χ2v) is 7.97. The van der Waals surface area contributed by atoms with Crippen molar-refractivity contribution in [3.05, 3.63) is 29.8 Å². The number of halogens is 1. The van der Waals surface area contributed by atoms with Gasteiger partial charge in [0.25, 0.3) is 0 Å². The van der Waals surface area contributed by atoms with E-state index in [1.54, 1.807) is 7.11 Å². The van der Waals surface area contributed by atoms with Gasteiger partial charge in [-0.1, -0.05) is 18.2 Å². The molecule has 22 heavy (non-hydrogen) atoms. The van der Waals surface area contributed by atoms with Crippen molar-refractivity contribution in [2.45, 2.75) is 32.1 Å². The van der Waals surface area contributed by atoms with Gasteiger partial charge in [-0.05, 0) is 26.8 Å². The number of methoxy groups -OCH3 is 1. The van der Waals surface area contributed by atoms with Gasteiger partial charge in [-0.3, -0.25) is 9.20 Å². The van der Waals surface area contributed by atoms with E-state index in [4.69, 9.17) is 10.5 Å². The van der Waals surface area contributed by atoms with Crippen LogP contribution >= 0.6 is 24.0 Å². The molecule has 3 N–H and O–H groups in total. The molecule has 1 atom stereocenters. The molecule has 1 aromatic carbocycles. The summed E-state index contributed by atoms with van der Waals surface area (Å²) in [5.74, 6) is 0.829. The minimum atomic E-state index is -0.918. The third-order valence-corrected chi connectivity index (χ3v) is 4.74. The summed E-state index contributed by atoms with van der Waals surface area (Å²) in [6.07, 6.45) is 0. The molecule has 0 aliphatic carbocycles. The number of nitrogens with one attached hydrogen (secondary N) is 1. The molecule has 126 valence electrons. The maximum absolute atomic E-state index is 11.9. The molecule has 1 aromatic rings. The van der Waals surface area contributed by atoms with Crippen molar-refractivity contribution < 1.29 is 8.95 Å². The van der Waals surface area contributed by atoms with E-state index in [0.29, 0.717) is 24.9 Å². The molecule has 0 bridgehead atoms. The lowest BCUT2D eigenvalue weighted by atomic mass is 10.2. The van der Waals surface area contributed by atoms with E-state index in [1.165, 1.54) is 0 Å². The predicted molar refractivity (Wildman–Crippen MR) is 105 cm³/mol. The highest BCUT2D eigenvalue weighted by Crippen LogP contribution is 2.15. The lowest BCUT2D eigenvalue weighted by Gasteiger charge is -2.16. The standard InChI is InChI=1S/C15H25N3O2S.HI/c1-15(2,3)21(19)10-9-17-14(16)18-13-8-6-5-7-12(13)11-20-4;/h5-8H,9-11H2,1-4H3,(H3,16,17,18);1H. The van der Waals surface area contributed by atoms with Crippen molar-refractivity contribution in [1.82, 2.24) is 0 Å². The van der Waals surface area contributed by atoms with E-state index >= 15 is 0 Å². The van der Waals surface area contributed by atoms with Crippen molar-refractivity contribution in [2.24, 2.45) is 10.7 Å². The van der Waals surface area contributed by atoms with E-state index in [-0.39, 0.29) is 28.7 Å². The number of guanidine groups is 1. The van der Waals surface area contributed by atoms with Gasteiger partial charge in [0.1, 0.15) is 0 Å². The Balaban J connectivity index is 0.00000441. The van der Waals surface area contributed by atoms with Crippen LogP contribution in [0.25, 0.3) is 0 Å². The van der Waals surface area contributed by atoms with Crippen LogP contribution in [0, 0.1) is 0 Å². The van der Waals surface area contributed by atoms with Crippen LogP contribution in [-0.2, 0) is 22.1 Å². The minimum absolute atomic E-state index is 0. The summed E-state index contributed by atoms with van der Waals surface area (Å²) >= 11 is 0. The molecule has 0 fully saturated rings. The summed E-state index contributed by atoms with van der Waals surface area (Å²) in [4.78, 5) is 4.22. The van der Waals surface area contributed by atoms with E-state index in [9.17, 15) is 4.21 Å². The monoisotopic (exact) mass is 439 g/mol. The molecule has 0 aliphatic heterocycles. The number of para-hydroxylation sites is 1. The van der Waals surface area contributed by atoms with Crippen LogP contribution in [0.4, 0.5) is 5.69 Å². The maximum atomic E-state index is 11.9. The van der Waals surface area contributed by atoms with Crippen LogP contribution in [0.5, 0.6) is 0 Å². The molecule has 1 unspecified atom stereocenters. The molecule has 0 heterocycles. The highest BCUT2D eigenvalue weighted by molar-refractivity contribution is 14.0. The van der Waals surface area contributed by atoms with Crippen LogP contribution in [0.1, 0.15) is 26.3 Å². The lowest BCUT2D eigenvalue weighted by Crippen LogP contribution is -2.27. The smallest absolute Gasteiger partial charge is 0.193 e. The van der Waals surface area contributed by atoms with Crippen molar-refractivity contribution in [3.8, 4) is 0 Å². The molecule has 0 aromatic heterocycles. The summed E-state index contributed by atoms with van der Waals surface area (Å²) < 4.78 is 16.8. The second kappa shape index (κ2) is 10.2. The van der Waals surface area contributed by atoms with E-state index < -0.39 is 10.8 Å². The SMILES string of the molecule is COCc1ccccc1NC(N)=NCCS(=O)C(C)(C)C.I. The summed E-state index contributed by atoms with van der Waals surface area (Å²) in [7, 11) is 0.731. The Kier molecular flexibility index (Phi) is 9.86. The van der Waals surface area contributed by atoms with E-state index in [0.717, 1.165) is 11.3 Å². The fourth-order valence-electron chi connectivity index (χ4n) is 1.66. The maximum Gasteiger partial charge on any atom is 0.193 e. The number of hydrogen-bond donors (Lipinski definition) is 2. The van der Waals surface area contributed by atoms with Gasteiger partial charge in [-0.2, -0.15) is 0 Å². The van der Waals surface area contributed by atoms with Crippen LogP contribution in [0.3, 0.4) is 0 Å². The number of anilines is 1. The van der Waals surface area contributed by atoms with Crippen molar-refractivity contribution in [3.63, 3.8) is 0 Å². The summed E-state index contributed by atoms with van der Waals surface area (Å²) in [5, 5.41) is 3.06. The molecule has 0 saturated carbocycles. The van der Waals surface area contributed by atoms with Gasteiger partial charge in [0.2, 0.25) is 0 Å². The number of hydrogen-bond acceptors (Lipinski definition) is 3. The van der Waals surface area contributed by atoms with Gasteiger partial charge in [-0.25, -0.2) is 0 Å². The number of aliphatic imine (C=N–C) groups is 1. The number of benzene rings is 1. The fourth-order valence-corrected chi connectivity index (χ4v) is 2.53. The molecule has 0 saturated heterocycles. The largest absolute Gasteiger partial charge is 0.380 e. The molecule has 1 rings (SSSR count). The van der Waals surface area contributed by atoms with Crippen molar-refractivity contribution >= 4 is 46.4 Å². The molecule has 0 aliphatic rings. The summed E-state index contributed by atoms with van der Waals surface area (Å²) in [5.41, 5.74) is 7.75. The van der Waals surface area contributed by atoms with Gasteiger partial charge in [-0.15, -0.1) is 24.0 Å². The number of nitrogens with zero attached hydrogens (tertiary/aromatic N) is 1. The molecular weight excluding hydrogens is 413 g/mol. The molecule has 7 heteroatoms. The molecular formula is C15H26IN3O2S. The first-order chi connectivity index (χ1) is 9.84. The van der Waals surface area contributed by atoms with Crippen molar-refractivity contribution in [2.75, 3.05) is 24.7 Å². The molecule has 0 amide bonds. The number of nitrogens with two attached hydrogens (primary N) is 1. The van der Waals surface area contributed by atoms with Crippen LogP contribution in [0.15, 0.2) is 29.3 Å². The summed E-state index contributed by atoms with van der Waals surface area (Å²) in [6.45, 7) is 6.81. The average molecular weight is 439 g/mol. The molecule has 5 nitrogen and oxygen atoms in total. The van der Waals surface area contributed by atoms with Gasteiger partial charge < -0.3 is 15.8 Å². The van der Waals surface area contributed by atoms with Gasteiger partial charge in [0, 0.05) is 39.7 Å². The number of rotatable bonds is 6. The first-order valence-corrected chi connectivity index (χ1v) is 8.18. The van der Waals surface area contributed by atoms with Crippen LogP contribution < -0.4 is 11.1 Å². The average Bonchev–Trinajstić information content (AvgIpc) is 2.40. The zero-order chi connectivity index (χ0) is 15.9. The minimum Gasteiger partial charge on any atom is -0.380 e. The Bertz CT molecular complexity index is 516. The second-order valence-electron chi connectivity index (χ2n) is 5.64. The first-order valence-electron chi connectivity index (χ1n) is 6.87. The lowest BCUT2D eigenvalue weighted by molar-refractivity contribution is 0.185. The number of ether oxygens (including phenoxy) is 1. The normalized spacial score (nSPS) is 13.4. The van der Waals surface area contributed by atoms with Crippen LogP contribution in [-0.4, -0.2) is 34.3 Å². The quantitative estimate of drug-likeness (QED) is 0.406. The Hall–Kier alpha value is -0.670. The highest BCUT2D eigenvalue weighted by Gasteiger charge is 2.18. The Morgan fingerprint density at radius 1 is 1.36 bits per heavy atom. The Morgan fingerprint density at radius 2 is 2.00 bits per heavy atom. The molecule has 0 spiro atoms. The zero-order valence-corrected chi connectivity index (χ0v) is 16.7. The third-order valence-electron chi connectivity index (χ3n) is 2.82. The van der Waals surface area contributed by atoms with Crippen LogP contribution in [0.2, 0.25) is 0 Å². The topological polar surface area (TPSA) is 76.7 Å². The van der Waals surface area contributed by atoms with E-state index in [1.807, 2.05) is 45.0 Å². The third kappa shape index (κ3) is 7.55. The highest BCUT2D eigenvalue weighted by atomic mass is 127.